The summed E-state index contributed by atoms with van der Waals surface area (Å²) in [5, 5.41) is 0.916. The minimum atomic E-state index is -0.0485. The van der Waals surface area contributed by atoms with E-state index < -0.39 is 0 Å². The van der Waals surface area contributed by atoms with Crippen LogP contribution in [0.1, 0.15) is 0 Å². The summed E-state index contributed by atoms with van der Waals surface area (Å²) in [6, 6.07) is 5.70. The van der Waals surface area contributed by atoms with Crippen molar-refractivity contribution >= 4 is 23.6 Å². The van der Waals surface area contributed by atoms with Crippen LogP contribution in [0.15, 0.2) is 23.2 Å². The molecule has 0 spiro atoms. The van der Waals surface area contributed by atoms with Crippen molar-refractivity contribution in [2.45, 2.75) is 5.03 Å². The van der Waals surface area contributed by atoms with Crippen LogP contribution in [0.4, 0.5) is 10.6 Å². The number of amides is 2. The molecule has 1 aromatic heterocycles. The number of anilines is 1. The molecule has 0 saturated heterocycles. The number of aromatic nitrogens is 1. The van der Waals surface area contributed by atoms with Crippen molar-refractivity contribution < 1.29 is 4.79 Å². The Morgan fingerprint density at radius 2 is 1.89 bits per heavy atom. The number of hydrogen-bond acceptors (Lipinski definition) is 4. The fraction of sp³-hybridized carbons (Fsp3) is 0.538. The third-order valence-corrected chi connectivity index (χ3v) is 3.22. The van der Waals surface area contributed by atoms with Crippen LogP contribution >= 0.6 is 11.8 Å². The molecule has 1 aromatic rings. The SMILES string of the molecule is CSc1cccc(N(CCN(C)C)C(=O)N(C)C)n1. The van der Waals surface area contributed by atoms with Gasteiger partial charge < -0.3 is 9.80 Å². The fourth-order valence-corrected chi connectivity index (χ4v) is 1.92. The third-order valence-electron chi connectivity index (χ3n) is 2.58. The highest BCUT2D eigenvalue weighted by Crippen LogP contribution is 2.18. The number of likely N-dealkylation sites (N-methyl/N-ethyl adjacent to an activating group) is 1. The molecule has 106 valence electrons. The van der Waals surface area contributed by atoms with E-state index in [0.29, 0.717) is 12.4 Å². The van der Waals surface area contributed by atoms with Gasteiger partial charge >= 0.3 is 6.03 Å². The Morgan fingerprint density at radius 3 is 2.42 bits per heavy atom. The number of nitrogens with zero attached hydrogens (tertiary/aromatic N) is 4. The second-order valence-corrected chi connectivity index (χ2v) is 5.50. The van der Waals surface area contributed by atoms with Gasteiger partial charge in [-0.1, -0.05) is 6.07 Å². The molecule has 0 radical (unpaired) electrons. The zero-order valence-corrected chi connectivity index (χ0v) is 13.1. The third kappa shape index (κ3) is 4.72. The average molecular weight is 282 g/mol. The number of pyridine rings is 1. The smallest absolute Gasteiger partial charge is 0.325 e. The summed E-state index contributed by atoms with van der Waals surface area (Å²) in [5.74, 6) is 0.701. The second kappa shape index (κ2) is 7.35. The first-order valence-electron chi connectivity index (χ1n) is 6.10. The van der Waals surface area contributed by atoms with E-state index in [2.05, 4.69) is 4.98 Å². The van der Waals surface area contributed by atoms with E-state index in [1.54, 1.807) is 35.7 Å². The molecule has 0 saturated carbocycles. The van der Waals surface area contributed by atoms with E-state index in [4.69, 9.17) is 0 Å². The van der Waals surface area contributed by atoms with Crippen molar-refractivity contribution in [3.05, 3.63) is 18.2 Å². The zero-order chi connectivity index (χ0) is 14.4. The van der Waals surface area contributed by atoms with Crippen molar-refractivity contribution in [3.63, 3.8) is 0 Å². The number of carbonyl (C=O) groups excluding carboxylic acids is 1. The molecule has 0 bridgehead atoms. The molecule has 1 heterocycles. The molecule has 0 unspecified atom stereocenters. The topological polar surface area (TPSA) is 39.7 Å². The largest absolute Gasteiger partial charge is 0.330 e. The first kappa shape index (κ1) is 15.8. The highest BCUT2D eigenvalue weighted by Gasteiger charge is 2.18. The molecular weight excluding hydrogens is 260 g/mol. The number of rotatable bonds is 5. The quantitative estimate of drug-likeness (QED) is 0.773. The molecule has 0 atom stereocenters. The molecule has 0 aliphatic carbocycles. The molecule has 6 heteroatoms. The van der Waals surface area contributed by atoms with E-state index in [9.17, 15) is 4.79 Å². The molecular formula is C13H22N4OS. The van der Waals surface area contributed by atoms with Gasteiger partial charge in [-0.05, 0) is 32.5 Å². The van der Waals surface area contributed by atoms with Gasteiger partial charge in [0.2, 0.25) is 0 Å². The Bertz CT molecular complexity index is 423. The van der Waals surface area contributed by atoms with Gasteiger partial charge in [0.15, 0.2) is 0 Å². The van der Waals surface area contributed by atoms with Crippen molar-refractivity contribution in [2.24, 2.45) is 0 Å². The lowest BCUT2D eigenvalue weighted by Gasteiger charge is -2.26. The van der Waals surface area contributed by atoms with Gasteiger partial charge in [0.1, 0.15) is 5.82 Å². The normalized spacial score (nSPS) is 10.6. The summed E-state index contributed by atoms with van der Waals surface area (Å²) in [6.45, 7) is 1.42. The van der Waals surface area contributed by atoms with Gasteiger partial charge in [0.25, 0.3) is 0 Å². The first-order chi connectivity index (χ1) is 8.95. The maximum absolute atomic E-state index is 12.2. The monoisotopic (exact) mass is 282 g/mol. The number of thioether (sulfide) groups is 1. The van der Waals surface area contributed by atoms with Crippen molar-refractivity contribution in [1.29, 1.82) is 0 Å². The Hall–Kier alpha value is -1.27. The van der Waals surface area contributed by atoms with Gasteiger partial charge in [0, 0.05) is 27.2 Å². The van der Waals surface area contributed by atoms with E-state index in [1.807, 2.05) is 43.5 Å². The molecule has 0 aliphatic heterocycles. The van der Waals surface area contributed by atoms with Crippen LogP contribution in [0.2, 0.25) is 0 Å². The lowest BCUT2D eigenvalue weighted by atomic mass is 10.4. The number of urea groups is 1. The minimum Gasteiger partial charge on any atom is -0.330 e. The Labute approximate surface area is 119 Å². The van der Waals surface area contributed by atoms with Gasteiger partial charge in [-0.15, -0.1) is 11.8 Å². The Balaban J connectivity index is 2.96. The van der Waals surface area contributed by atoms with E-state index in [-0.39, 0.29) is 6.03 Å². The lowest BCUT2D eigenvalue weighted by molar-refractivity contribution is 0.222. The van der Waals surface area contributed by atoms with Crippen LogP contribution in [-0.4, -0.2) is 68.4 Å². The van der Waals surface area contributed by atoms with Crippen LogP contribution in [0, 0.1) is 0 Å². The van der Waals surface area contributed by atoms with Gasteiger partial charge in [0.05, 0.1) is 5.03 Å². The van der Waals surface area contributed by atoms with E-state index >= 15 is 0 Å². The fourth-order valence-electron chi connectivity index (χ4n) is 1.52. The summed E-state index contributed by atoms with van der Waals surface area (Å²) >= 11 is 1.57. The van der Waals surface area contributed by atoms with Crippen LogP contribution in [0.25, 0.3) is 0 Å². The van der Waals surface area contributed by atoms with Gasteiger partial charge in [-0.25, -0.2) is 9.78 Å². The van der Waals surface area contributed by atoms with E-state index in [1.165, 1.54) is 0 Å². The number of hydrogen-bond donors (Lipinski definition) is 0. The maximum atomic E-state index is 12.2. The molecule has 0 fully saturated rings. The summed E-state index contributed by atoms with van der Waals surface area (Å²) in [6.07, 6.45) is 1.98. The molecule has 2 amide bonds. The van der Waals surface area contributed by atoms with Crippen LogP contribution in [-0.2, 0) is 0 Å². The zero-order valence-electron chi connectivity index (χ0n) is 12.3. The lowest BCUT2D eigenvalue weighted by Crippen LogP contribution is -2.43. The molecule has 0 N–H and O–H groups in total. The Kier molecular flexibility index (Phi) is 6.11. The minimum absolute atomic E-state index is 0.0485. The second-order valence-electron chi connectivity index (χ2n) is 4.67. The van der Waals surface area contributed by atoms with Crippen LogP contribution < -0.4 is 4.90 Å². The number of carbonyl (C=O) groups is 1. The predicted molar refractivity (Wildman–Crippen MR) is 81.0 cm³/mol. The van der Waals surface area contributed by atoms with Crippen LogP contribution in [0.5, 0.6) is 0 Å². The Morgan fingerprint density at radius 1 is 1.21 bits per heavy atom. The van der Waals surface area contributed by atoms with Crippen molar-refractivity contribution in [2.75, 3.05) is 52.4 Å². The van der Waals surface area contributed by atoms with E-state index in [0.717, 1.165) is 11.6 Å². The molecule has 0 aliphatic rings. The molecule has 1 rings (SSSR count). The summed E-state index contributed by atoms with van der Waals surface area (Å²) in [7, 11) is 7.49. The molecule has 19 heavy (non-hydrogen) atoms. The highest BCUT2D eigenvalue weighted by molar-refractivity contribution is 7.98. The maximum Gasteiger partial charge on any atom is 0.325 e. The predicted octanol–water partition coefficient (Wildman–Crippen LogP) is 1.85. The molecule has 0 aromatic carbocycles. The van der Waals surface area contributed by atoms with Crippen molar-refractivity contribution in [1.82, 2.24) is 14.8 Å². The summed E-state index contributed by atoms with van der Waals surface area (Å²) < 4.78 is 0. The first-order valence-corrected chi connectivity index (χ1v) is 7.32. The van der Waals surface area contributed by atoms with Crippen LogP contribution in [0.3, 0.4) is 0 Å². The van der Waals surface area contributed by atoms with Crippen molar-refractivity contribution in [3.8, 4) is 0 Å². The van der Waals surface area contributed by atoms with Gasteiger partial charge in [-0.2, -0.15) is 0 Å². The summed E-state index contributed by atoms with van der Waals surface area (Å²) in [5.41, 5.74) is 0. The molecule has 5 nitrogen and oxygen atoms in total. The summed E-state index contributed by atoms with van der Waals surface area (Å²) in [4.78, 5) is 22.1. The standard InChI is InChI=1S/C13H22N4OS/c1-15(2)9-10-17(13(18)16(3)4)11-7-6-8-12(14-11)19-5/h6-8H,9-10H2,1-5H3. The van der Waals surface area contributed by atoms with Gasteiger partial charge in [-0.3, -0.25) is 4.90 Å². The average Bonchev–Trinajstić information content (AvgIpc) is 2.38. The highest BCUT2D eigenvalue weighted by atomic mass is 32.2.